The summed E-state index contributed by atoms with van der Waals surface area (Å²) in [5.41, 5.74) is 0.647. The van der Waals surface area contributed by atoms with E-state index in [0.717, 1.165) is 12.2 Å². The zero-order chi connectivity index (χ0) is 15.9. The first-order chi connectivity index (χ1) is 11.3. The highest BCUT2D eigenvalue weighted by Gasteiger charge is 2.16. The van der Waals surface area contributed by atoms with Crippen LogP contribution in [0.2, 0.25) is 0 Å². The molecular weight excluding hydrogens is 292 g/mol. The first kappa shape index (κ1) is 15.7. The van der Waals surface area contributed by atoms with Gasteiger partial charge in [0.05, 0.1) is 13.2 Å². The summed E-state index contributed by atoms with van der Waals surface area (Å²) in [6.07, 6.45) is 1.65. The summed E-state index contributed by atoms with van der Waals surface area (Å²) in [4.78, 5) is 12.3. The van der Waals surface area contributed by atoms with Crippen molar-refractivity contribution in [2.45, 2.75) is 25.6 Å². The lowest BCUT2D eigenvalue weighted by molar-refractivity contribution is -0.180. The van der Waals surface area contributed by atoms with E-state index < -0.39 is 0 Å². The van der Waals surface area contributed by atoms with Gasteiger partial charge in [0.25, 0.3) is 0 Å². The fraction of sp³-hybridized carbons (Fsp3) is 0.316. The van der Waals surface area contributed by atoms with Crippen LogP contribution in [0, 0.1) is 0 Å². The predicted octanol–water partition coefficient (Wildman–Crippen LogP) is 4.20. The Bertz CT molecular complexity index is 633. The van der Waals surface area contributed by atoms with Crippen LogP contribution >= 0.6 is 0 Å². The second kappa shape index (κ2) is 7.90. The van der Waals surface area contributed by atoms with Crippen LogP contribution in [0.3, 0.4) is 0 Å². The molecule has 1 fully saturated rings. The van der Waals surface area contributed by atoms with Crippen molar-refractivity contribution in [2.75, 3.05) is 13.2 Å². The van der Waals surface area contributed by atoms with Crippen LogP contribution in [0.25, 0.3) is 0 Å². The van der Waals surface area contributed by atoms with Gasteiger partial charge in [0.15, 0.2) is 12.1 Å². The number of para-hydroxylation sites is 1. The Kier molecular flexibility index (Phi) is 5.40. The minimum Gasteiger partial charge on any atom is -0.457 e. The molecule has 1 aliphatic rings. The molecule has 0 radical (unpaired) electrons. The first-order valence-corrected chi connectivity index (χ1v) is 7.90. The number of ether oxygens (including phenoxy) is 3. The molecule has 1 saturated heterocycles. The number of hydrogen-bond donors (Lipinski definition) is 0. The van der Waals surface area contributed by atoms with Gasteiger partial charge in [-0.2, -0.15) is 0 Å². The van der Waals surface area contributed by atoms with Crippen LogP contribution in [-0.2, 0) is 9.47 Å². The summed E-state index contributed by atoms with van der Waals surface area (Å²) < 4.78 is 16.7. The van der Waals surface area contributed by atoms with E-state index in [2.05, 4.69) is 0 Å². The summed E-state index contributed by atoms with van der Waals surface area (Å²) in [5, 5.41) is 0. The Labute approximate surface area is 136 Å². The monoisotopic (exact) mass is 312 g/mol. The number of rotatable bonds is 6. The van der Waals surface area contributed by atoms with Crippen molar-refractivity contribution in [1.82, 2.24) is 0 Å². The Morgan fingerprint density at radius 2 is 1.74 bits per heavy atom. The lowest BCUT2D eigenvalue weighted by Crippen LogP contribution is -2.25. The Morgan fingerprint density at radius 1 is 1.00 bits per heavy atom. The molecule has 0 saturated carbocycles. The van der Waals surface area contributed by atoms with Gasteiger partial charge in [0, 0.05) is 18.4 Å². The van der Waals surface area contributed by atoms with Crippen molar-refractivity contribution < 1.29 is 19.0 Å². The van der Waals surface area contributed by atoms with Gasteiger partial charge in [-0.25, -0.2) is 0 Å². The topological polar surface area (TPSA) is 44.8 Å². The van der Waals surface area contributed by atoms with E-state index in [4.69, 9.17) is 14.2 Å². The molecule has 0 unspecified atom stereocenters. The maximum atomic E-state index is 12.3. The molecule has 0 aromatic heterocycles. The molecule has 0 N–H and O–H groups in total. The number of Topliss-reactive ketones (excluding diaryl/α,β-unsaturated/α-hetero) is 1. The number of hydrogen-bond acceptors (Lipinski definition) is 4. The number of benzene rings is 2. The molecule has 23 heavy (non-hydrogen) atoms. The van der Waals surface area contributed by atoms with Crippen molar-refractivity contribution in [3.63, 3.8) is 0 Å². The number of carbonyl (C=O) groups is 1. The van der Waals surface area contributed by atoms with Crippen LogP contribution in [0.15, 0.2) is 54.6 Å². The van der Waals surface area contributed by atoms with Gasteiger partial charge in [0.1, 0.15) is 11.5 Å². The highest BCUT2D eigenvalue weighted by atomic mass is 16.7. The van der Waals surface area contributed by atoms with Crippen molar-refractivity contribution in [1.29, 1.82) is 0 Å². The summed E-state index contributed by atoms with van der Waals surface area (Å²) in [5.74, 6) is 1.48. The molecule has 0 aliphatic carbocycles. The summed E-state index contributed by atoms with van der Waals surface area (Å²) in [6.45, 7) is 1.42. The standard InChI is InChI=1S/C19H20O4/c20-18(10-11-19-21-12-5-13-22-19)15-6-4-9-17(14-15)23-16-7-2-1-3-8-16/h1-4,6-9,14,19H,5,10-13H2. The van der Waals surface area contributed by atoms with Crippen LogP contribution in [0.5, 0.6) is 11.5 Å². The molecule has 0 bridgehead atoms. The van der Waals surface area contributed by atoms with Crippen LogP contribution in [0.4, 0.5) is 0 Å². The van der Waals surface area contributed by atoms with Crippen molar-refractivity contribution in [3.05, 3.63) is 60.2 Å². The predicted molar refractivity (Wildman–Crippen MR) is 86.8 cm³/mol. The maximum absolute atomic E-state index is 12.3. The van der Waals surface area contributed by atoms with Crippen LogP contribution in [0.1, 0.15) is 29.6 Å². The Morgan fingerprint density at radius 3 is 2.52 bits per heavy atom. The van der Waals surface area contributed by atoms with Crippen molar-refractivity contribution in [2.24, 2.45) is 0 Å². The summed E-state index contributed by atoms with van der Waals surface area (Å²) >= 11 is 0. The van der Waals surface area contributed by atoms with Gasteiger partial charge in [0.2, 0.25) is 0 Å². The average molecular weight is 312 g/mol. The zero-order valence-electron chi connectivity index (χ0n) is 12.9. The lowest BCUT2D eigenvalue weighted by atomic mass is 10.1. The molecule has 1 heterocycles. The minimum absolute atomic E-state index is 0.0706. The zero-order valence-corrected chi connectivity index (χ0v) is 12.9. The van der Waals surface area contributed by atoms with E-state index in [0.29, 0.717) is 37.4 Å². The molecule has 1 aliphatic heterocycles. The number of carbonyl (C=O) groups excluding carboxylic acids is 1. The van der Waals surface area contributed by atoms with E-state index in [1.165, 1.54) is 0 Å². The highest BCUT2D eigenvalue weighted by Crippen LogP contribution is 2.23. The molecule has 2 aromatic carbocycles. The SMILES string of the molecule is O=C(CCC1OCCCO1)c1cccc(Oc2ccccc2)c1. The van der Waals surface area contributed by atoms with E-state index in [1.807, 2.05) is 48.5 Å². The van der Waals surface area contributed by atoms with Crippen LogP contribution in [-0.4, -0.2) is 25.3 Å². The smallest absolute Gasteiger partial charge is 0.163 e. The number of ketones is 1. The molecule has 4 heteroatoms. The van der Waals surface area contributed by atoms with Gasteiger partial charge in [-0.3, -0.25) is 4.79 Å². The molecule has 3 rings (SSSR count). The molecule has 0 spiro atoms. The van der Waals surface area contributed by atoms with E-state index >= 15 is 0 Å². The average Bonchev–Trinajstić information content (AvgIpc) is 2.62. The van der Waals surface area contributed by atoms with Gasteiger partial charge < -0.3 is 14.2 Å². The quantitative estimate of drug-likeness (QED) is 0.750. The largest absolute Gasteiger partial charge is 0.457 e. The lowest BCUT2D eigenvalue weighted by Gasteiger charge is -2.22. The fourth-order valence-corrected chi connectivity index (χ4v) is 2.45. The van der Waals surface area contributed by atoms with E-state index in [-0.39, 0.29) is 12.1 Å². The van der Waals surface area contributed by atoms with Crippen molar-refractivity contribution in [3.8, 4) is 11.5 Å². The van der Waals surface area contributed by atoms with Crippen molar-refractivity contribution >= 4 is 5.78 Å². The minimum atomic E-state index is -0.253. The molecule has 0 atom stereocenters. The van der Waals surface area contributed by atoms with Gasteiger partial charge >= 0.3 is 0 Å². The second-order valence-electron chi connectivity index (χ2n) is 5.43. The van der Waals surface area contributed by atoms with Gasteiger partial charge in [-0.1, -0.05) is 30.3 Å². The fourth-order valence-electron chi connectivity index (χ4n) is 2.45. The van der Waals surface area contributed by atoms with E-state index in [1.54, 1.807) is 6.07 Å². The molecule has 4 nitrogen and oxygen atoms in total. The first-order valence-electron chi connectivity index (χ1n) is 7.90. The maximum Gasteiger partial charge on any atom is 0.163 e. The molecule has 2 aromatic rings. The van der Waals surface area contributed by atoms with Gasteiger partial charge in [-0.15, -0.1) is 0 Å². The third-order valence-electron chi connectivity index (χ3n) is 3.64. The third-order valence-corrected chi connectivity index (χ3v) is 3.64. The van der Waals surface area contributed by atoms with Crippen LogP contribution < -0.4 is 4.74 Å². The molecule has 120 valence electrons. The Hall–Kier alpha value is -2.17. The second-order valence-corrected chi connectivity index (χ2v) is 5.43. The van der Waals surface area contributed by atoms with Gasteiger partial charge in [-0.05, 0) is 30.7 Å². The molecular formula is C19H20O4. The van der Waals surface area contributed by atoms with E-state index in [9.17, 15) is 4.79 Å². The Balaban J connectivity index is 1.58. The highest BCUT2D eigenvalue weighted by molar-refractivity contribution is 5.96. The summed E-state index contributed by atoms with van der Waals surface area (Å²) in [7, 11) is 0. The summed E-state index contributed by atoms with van der Waals surface area (Å²) in [6, 6.07) is 16.8. The third kappa shape index (κ3) is 4.65. The normalized spacial score (nSPS) is 15.3. The molecule has 0 amide bonds.